The van der Waals surface area contributed by atoms with Crippen molar-refractivity contribution in [3.8, 4) is 0 Å². The maximum absolute atomic E-state index is 11.6. The standard InChI is InChI=1S/C17H30N2O6/c20-16(18-5-1-3-7-22-10-14-12-24-14)9-17(21)19-6-2-4-8-23-11-15-13-25-15/h14-15H,1-13H2,(H,18,20)(H,19,21). The number of carbonyl (C=O) groups excluding carboxylic acids is 2. The molecule has 0 aromatic rings. The Hall–Kier alpha value is -1.22. The molecule has 8 nitrogen and oxygen atoms in total. The topological polar surface area (TPSA) is 102 Å². The molecule has 2 unspecified atom stereocenters. The molecule has 2 amide bonds. The zero-order chi connectivity index (χ0) is 17.7. The third kappa shape index (κ3) is 11.9. The van der Waals surface area contributed by atoms with E-state index in [2.05, 4.69) is 10.6 Å². The molecule has 0 radical (unpaired) electrons. The molecule has 2 saturated heterocycles. The van der Waals surface area contributed by atoms with Crippen LogP contribution >= 0.6 is 0 Å². The monoisotopic (exact) mass is 358 g/mol. The average Bonchev–Trinajstić information content (AvgIpc) is 3.47. The molecule has 0 aromatic heterocycles. The number of hydrogen-bond donors (Lipinski definition) is 2. The zero-order valence-electron chi connectivity index (χ0n) is 14.8. The SMILES string of the molecule is O=C(CC(=O)NCCCCOCC1CO1)NCCCCOCC1CO1. The fourth-order valence-corrected chi connectivity index (χ4v) is 2.14. The summed E-state index contributed by atoms with van der Waals surface area (Å²) < 4.78 is 20.9. The van der Waals surface area contributed by atoms with E-state index in [0.717, 1.165) is 38.9 Å². The minimum atomic E-state index is -0.238. The highest BCUT2D eigenvalue weighted by Gasteiger charge is 2.22. The average molecular weight is 358 g/mol. The Balaban J connectivity index is 1.30. The Labute approximate surface area is 148 Å². The lowest BCUT2D eigenvalue weighted by Gasteiger charge is -2.07. The second-order valence-corrected chi connectivity index (χ2v) is 6.35. The number of nitrogens with one attached hydrogen (secondary N) is 2. The van der Waals surface area contributed by atoms with Crippen molar-refractivity contribution in [2.45, 2.75) is 44.3 Å². The molecule has 0 saturated carbocycles. The molecule has 25 heavy (non-hydrogen) atoms. The zero-order valence-corrected chi connectivity index (χ0v) is 14.8. The first-order valence-electron chi connectivity index (χ1n) is 9.16. The number of amides is 2. The normalized spacial score (nSPS) is 21.0. The molecular formula is C17H30N2O6. The Morgan fingerprint density at radius 3 is 1.64 bits per heavy atom. The largest absolute Gasteiger partial charge is 0.379 e. The third-order valence-corrected chi connectivity index (χ3v) is 3.81. The van der Waals surface area contributed by atoms with E-state index in [1.165, 1.54) is 0 Å². The van der Waals surface area contributed by atoms with Crippen LogP contribution in [-0.4, -0.2) is 76.8 Å². The summed E-state index contributed by atoms with van der Waals surface area (Å²) in [6.07, 6.45) is 3.91. The number of hydrogen-bond acceptors (Lipinski definition) is 6. The van der Waals surface area contributed by atoms with Crippen molar-refractivity contribution in [2.75, 3.05) is 52.7 Å². The van der Waals surface area contributed by atoms with Crippen LogP contribution in [-0.2, 0) is 28.5 Å². The molecule has 2 aliphatic rings. The molecule has 144 valence electrons. The lowest BCUT2D eigenvalue weighted by atomic mass is 10.3. The third-order valence-electron chi connectivity index (χ3n) is 3.81. The van der Waals surface area contributed by atoms with Crippen LogP contribution in [0.2, 0.25) is 0 Å². The summed E-state index contributed by atoms with van der Waals surface area (Å²) in [5.41, 5.74) is 0. The van der Waals surface area contributed by atoms with Gasteiger partial charge in [0.2, 0.25) is 11.8 Å². The highest BCUT2D eigenvalue weighted by atomic mass is 16.6. The van der Waals surface area contributed by atoms with Crippen molar-refractivity contribution in [1.29, 1.82) is 0 Å². The highest BCUT2D eigenvalue weighted by Crippen LogP contribution is 2.09. The Morgan fingerprint density at radius 1 is 0.800 bits per heavy atom. The van der Waals surface area contributed by atoms with Crippen LogP contribution in [0.25, 0.3) is 0 Å². The van der Waals surface area contributed by atoms with Crippen LogP contribution in [0, 0.1) is 0 Å². The van der Waals surface area contributed by atoms with E-state index in [1.807, 2.05) is 0 Å². The summed E-state index contributed by atoms with van der Waals surface area (Å²) in [6.45, 7) is 5.42. The molecule has 2 atom stereocenters. The number of rotatable bonds is 16. The van der Waals surface area contributed by atoms with Gasteiger partial charge in [0, 0.05) is 26.3 Å². The Kier molecular flexibility index (Phi) is 9.79. The van der Waals surface area contributed by atoms with Gasteiger partial charge in [-0.2, -0.15) is 0 Å². The summed E-state index contributed by atoms with van der Waals surface area (Å²) in [4.78, 5) is 23.3. The van der Waals surface area contributed by atoms with Crippen LogP contribution in [0.1, 0.15) is 32.1 Å². The first-order valence-corrected chi connectivity index (χ1v) is 9.16. The van der Waals surface area contributed by atoms with Crippen molar-refractivity contribution in [3.05, 3.63) is 0 Å². The molecule has 0 aliphatic carbocycles. The van der Waals surface area contributed by atoms with Gasteiger partial charge in [0.05, 0.1) is 26.4 Å². The summed E-state index contributed by atoms with van der Waals surface area (Å²) in [6, 6.07) is 0. The molecule has 2 heterocycles. The van der Waals surface area contributed by atoms with Crippen molar-refractivity contribution in [1.82, 2.24) is 10.6 Å². The molecule has 2 fully saturated rings. The molecule has 2 aliphatic heterocycles. The van der Waals surface area contributed by atoms with Gasteiger partial charge in [-0.05, 0) is 25.7 Å². The molecular weight excluding hydrogens is 328 g/mol. The molecule has 0 aromatic carbocycles. The lowest BCUT2D eigenvalue weighted by Crippen LogP contribution is -2.33. The van der Waals surface area contributed by atoms with E-state index < -0.39 is 0 Å². The minimum absolute atomic E-state index is 0.120. The van der Waals surface area contributed by atoms with E-state index in [1.54, 1.807) is 0 Å². The summed E-state index contributed by atoms with van der Waals surface area (Å²) >= 11 is 0. The van der Waals surface area contributed by atoms with Gasteiger partial charge in [0.1, 0.15) is 18.6 Å². The summed E-state index contributed by atoms with van der Waals surface area (Å²) in [7, 11) is 0. The molecule has 0 spiro atoms. The number of ether oxygens (including phenoxy) is 4. The van der Waals surface area contributed by atoms with Crippen LogP contribution in [0.15, 0.2) is 0 Å². The molecule has 2 N–H and O–H groups in total. The first-order chi connectivity index (χ1) is 12.2. The van der Waals surface area contributed by atoms with E-state index in [9.17, 15) is 9.59 Å². The van der Waals surface area contributed by atoms with Gasteiger partial charge >= 0.3 is 0 Å². The van der Waals surface area contributed by atoms with Gasteiger partial charge in [-0.1, -0.05) is 0 Å². The summed E-state index contributed by atoms with van der Waals surface area (Å²) in [5.74, 6) is -0.477. The van der Waals surface area contributed by atoms with Crippen LogP contribution in [0.4, 0.5) is 0 Å². The van der Waals surface area contributed by atoms with Gasteiger partial charge < -0.3 is 29.6 Å². The molecule has 0 bridgehead atoms. The number of carbonyl (C=O) groups is 2. The van der Waals surface area contributed by atoms with Gasteiger partial charge in [0.15, 0.2) is 0 Å². The van der Waals surface area contributed by atoms with Gasteiger partial charge in [-0.25, -0.2) is 0 Å². The maximum Gasteiger partial charge on any atom is 0.229 e. The molecule has 8 heteroatoms. The predicted octanol–water partition coefficient (Wildman–Crippen LogP) is 0.000100. The second kappa shape index (κ2) is 12.2. The highest BCUT2D eigenvalue weighted by molar-refractivity contribution is 5.96. The fourth-order valence-electron chi connectivity index (χ4n) is 2.14. The van der Waals surface area contributed by atoms with Crippen molar-refractivity contribution in [2.24, 2.45) is 0 Å². The van der Waals surface area contributed by atoms with Crippen LogP contribution in [0.3, 0.4) is 0 Å². The Bertz CT molecular complexity index is 363. The van der Waals surface area contributed by atoms with E-state index >= 15 is 0 Å². The van der Waals surface area contributed by atoms with Crippen LogP contribution in [0.5, 0.6) is 0 Å². The first kappa shape index (κ1) is 20.1. The van der Waals surface area contributed by atoms with Crippen molar-refractivity contribution in [3.63, 3.8) is 0 Å². The summed E-state index contributed by atoms with van der Waals surface area (Å²) in [5, 5.41) is 5.50. The Morgan fingerprint density at radius 2 is 1.24 bits per heavy atom. The number of unbranched alkanes of at least 4 members (excludes halogenated alkanes) is 2. The fraction of sp³-hybridized carbons (Fsp3) is 0.882. The van der Waals surface area contributed by atoms with E-state index in [0.29, 0.717) is 51.7 Å². The maximum atomic E-state index is 11.6. The van der Waals surface area contributed by atoms with Gasteiger partial charge in [-0.3, -0.25) is 9.59 Å². The quantitative estimate of drug-likeness (QED) is 0.229. The lowest BCUT2D eigenvalue weighted by molar-refractivity contribution is -0.129. The number of epoxide rings is 2. The van der Waals surface area contributed by atoms with Crippen molar-refractivity contribution < 1.29 is 28.5 Å². The molecule has 2 rings (SSSR count). The van der Waals surface area contributed by atoms with E-state index in [4.69, 9.17) is 18.9 Å². The van der Waals surface area contributed by atoms with Crippen molar-refractivity contribution >= 4 is 11.8 Å². The van der Waals surface area contributed by atoms with Crippen LogP contribution < -0.4 is 10.6 Å². The minimum Gasteiger partial charge on any atom is -0.379 e. The predicted molar refractivity (Wildman–Crippen MR) is 90.2 cm³/mol. The smallest absolute Gasteiger partial charge is 0.229 e. The second-order valence-electron chi connectivity index (χ2n) is 6.35. The van der Waals surface area contributed by atoms with Gasteiger partial charge in [0.25, 0.3) is 0 Å². The van der Waals surface area contributed by atoms with E-state index in [-0.39, 0.29) is 18.2 Å². The van der Waals surface area contributed by atoms with Gasteiger partial charge in [-0.15, -0.1) is 0 Å².